The summed E-state index contributed by atoms with van der Waals surface area (Å²) in [6.45, 7) is 0.125. The highest BCUT2D eigenvalue weighted by Crippen LogP contribution is 2.36. The van der Waals surface area contributed by atoms with Crippen molar-refractivity contribution in [1.82, 2.24) is 4.89 Å². The van der Waals surface area contributed by atoms with Gasteiger partial charge in [0, 0.05) is 7.11 Å². The van der Waals surface area contributed by atoms with Crippen molar-refractivity contribution in [1.29, 1.82) is 0 Å². The lowest BCUT2D eigenvalue weighted by Crippen LogP contribution is -2.26. The first-order valence-electron chi connectivity index (χ1n) is 5.06. The Hall–Kier alpha value is -0.970. The van der Waals surface area contributed by atoms with Gasteiger partial charge in [-0.05, 0) is 12.1 Å². The van der Waals surface area contributed by atoms with E-state index in [1.165, 1.54) is 7.11 Å². The predicted octanol–water partition coefficient (Wildman–Crippen LogP) is 1.76. The topological polar surface area (TPSA) is 108 Å². The van der Waals surface area contributed by atoms with Gasteiger partial charge in [-0.25, -0.2) is 8.42 Å². The minimum absolute atomic E-state index is 0.0387. The number of nitro benzene ring substituents is 1. The van der Waals surface area contributed by atoms with Gasteiger partial charge in [0.2, 0.25) is 0 Å². The van der Waals surface area contributed by atoms with Crippen LogP contribution >= 0.6 is 23.2 Å². The van der Waals surface area contributed by atoms with E-state index in [1.807, 2.05) is 0 Å². The van der Waals surface area contributed by atoms with Gasteiger partial charge in [0.1, 0.15) is 14.9 Å². The van der Waals surface area contributed by atoms with Crippen molar-refractivity contribution in [3.05, 3.63) is 32.3 Å². The second kappa shape index (κ2) is 7.16. The number of sulfonamides is 1. The number of rotatable bonds is 7. The van der Waals surface area contributed by atoms with Gasteiger partial charge < -0.3 is 4.74 Å². The van der Waals surface area contributed by atoms with E-state index in [2.05, 4.69) is 9.57 Å². The van der Waals surface area contributed by atoms with E-state index in [9.17, 15) is 18.5 Å². The van der Waals surface area contributed by atoms with Crippen LogP contribution in [0.2, 0.25) is 10.0 Å². The van der Waals surface area contributed by atoms with Crippen molar-refractivity contribution in [2.45, 2.75) is 4.90 Å². The van der Waals surface area contributed by atoms with Crippen molar-refractivity contribution >= 4 is 38.9 Å². The number of nitrogens with zero attached hydrogens (tertiary/aromatic N) is 1. The molecule has 0 atom stereocenters. The molecule has 0 saturated carbocycles. The van der Waals surface area contributed by atoms with E-state index < -0.39 is 30.6 Å². The highest BCUT2D eigenvalue weighted by molar-refractivity contribution is 7.89. The Morgan fingerprint density at radius 1 is 1.35 bits per heavy atom. The Labute approximate surface area is 124 Å². The van der Waals surface area contributed by atoms with Crippen LogP contribution in [0.15, 0.2) is 17.0 Å². The molecule has 0 amide bonds. The number of hydrogen-bond acceptors (Lipinski definition) is 6. The van der Waals surface area contributed by atoms with Crippen molar-refractivity contribution in [3.63, 3.8) is 0 Å². The van der Waals surface area contributed by atoms with Crippen LogP contribution in [0.3, 0.4) is 0 Å². The van der Waals surface area contributed by atoms with Gasteiger partial charge in [-0.1, -0.05) is 28.1 Å². The molecule has 0 saturated heterocycles. The average molecular weight is 345 g/mol. The van der Waals surface area contributed by atoms with Gasteiger partial charge in [-0.3, -0.25) is 15.0 Å². The molecule has 1 rings (SSSR count). The van der Waals surface area contributed by atoms with E-state index in [0.29, 0.717) is 0 Å². The standard InChI is InChI=1S/C9H10Cl2N2O6S/c1-18-4-5-19-12-20(16,17)7-3-2-6(10)9(8(7)11)13(14)15/h2-3,12H,4-5H2,1H3. The van der Waals surface area contributed by atoms with Crippen LogP contribution in [-0.2, 0) is 19.6 Å². The lowest BCUT2D eigenvalue weighted by atomic mass is 10.3. The maximum atomic E-state index is 11.9. The number of nitro groups is 1. The molecule has 1 N–H and O–H groups in total. The Morgan fingerprint density at radius 3 is 2.55 bits per heavy atom. The van der Waals surface area contributed by atoms with Gasteiger partial charge in [-0.15, -0.1) is 0 Å². The molecule has 0 radical (unpaired) electrons. The molecule has 11 heteroatoms. The van der Waals surface area contributed by atoms with Gasteiger partial charge in [0.25, 0.3) is 10.0 Å². The van der Waals surface area contributed by atoms with Crippen LogP contribution in [0.4, 0.5) is 5.69 Å². The summed E-state index contributed by atoms with van der Waals surface area (Å²) in [5, 5.41) is 9.94. The molecule has 1 aromatic carbocycles. The summed E-state index contributed by atoms with van der Waals surface area (Å²) >= 11 is 11.3. The molecule has 0 aliphatic rings. The first-order valence-corrected chi connectivity index (χ1v) is 7.30. The van der Waals surface area contributed by atoms with Crippen LogP contribution < -0.4 is 4.89 Å². The third-order valence-electron chi connectivity index (χ3n) is 2.06. The highest BCUT2D eigenvalue weighted by atomic mass is 35.5. The minimum Gasteiger partial charge on any atom is -0.382 e. The van der Waals surface area contributed by atoms with Crippen LogP contribution in [0.5, 0.6) is 0 Å². The molecule has 8 nitrogen and oxygen atoms in total. The number of halogens is 2. The number of hydrogen-bond donors (Lipinski definition) is 1. The van der Waals surface area contributed by atoms with E-state index in [-0.39, 0.29) is 18.2 Å². The van der Waals surface area contributed by atoms with E-state index in [1.54, 1.807) is 4.89 Å². The summed E-state index contributed by atoms with van der Waals surface area (Å²) in [4.78, 5) is 15.9. The smallest absolute Gasteiger partial charge is 0.307 e. The molecule has 0 fully saturated rings. The molecule has 0 bridgehead atoms. The number of benzene rings is 1. The van der Waals surface area contributed by atoms with E-state index >= 15 is 0 Å². The lowest BCUT2D eigenvalue weighted by Gasteiger charge is -2.09. The van der Waals surface area contributed by atoms with Gasteiger partial charge >= 0.3 is 5.69 Å². The molecular formula is C9H10Cl2N2O6S. The van der Waals surface area contributed by atoms with Crippen LogP contribution in [0.25, 0.3) is 0 Å². The molecular weight excluding hydrogens is 335 g/mol. The molecule has 0 unspecified atom stereocenters. The maximum Gasteiger partial charge on any atom is 0.307 e. The fourth-order valence-electron chi connectivity index (χ4n) is 1.19. The highest BCUT2D eigenvalue weighted by Gasteiger charge is 2.27. The Bertz CT molecular complexity index is 607. The quantitative estimate of drug-likeness (QED) is 0.458. The monoisotopic (exact) mass is 344 g/mol. The van der Waals surface area contributed by atoms with Crippen molar-refractivity contribution in [3.8, 4) is 0 Å². The van der Waals surface area contributed by atoms with E-state index in [4.69, 9.17) is 23.2 Å². The summed E-state index contributed by atoms with van der Waals surface area (Å²) in [7, 11) is -2.75. The third-order valence-corrected chi connectivity index (χ3v) is 4.12. The summed E-state index contributed by atoms with van der Waals surface area (Å²) in [6, 6.07) is 2.11. The second-order valence-corrected chi connectivity index (χ2v) is 5.79. The van der Waals surface area contributed by atoms with Crippen molar-refractivity contribution in [2.24, 2.45) is 0 Å². The molecule has 0 aromatic heterocycles. The molecule has 1 aromatic rings. The van der Waals surface area contributed by atoms with Crippen molar-refractivity contribution in [2.75, 3.05) is 20.3 Å². The van der Waals surface area contributed by atoms with Crippen LogP contribution in [0.1, 0.15) is 0 Å². The van der Waals surface area contributed by atoms with Gasteiger partial charge in [0.15, 0.2) is 0 Å². The first kappa shape index (κ1) is 17.1. The summed E-state index contributed by atoms with van der Waals surface area (Å²) in [5.74, 6) is 0. The molecule has 112 valence electrons. The summed E-state index contributed by atoms with van der Waals surface area (Å²) in [5.41, 5.74) is -0.687. The Balaban J connectivity index is 3.07. The first-order chi connectivity index (χ1) is 9.31. The van der Waals surface area contributed by atoms with Crippen molar-refractivity contribution < 1.29 is 22.9 Å². The molecule has 0 spiro atoms. The van der Waals surface area contributed by atoms with E-state index in [0.717, 1.165) is 12.1 Å². The largest absolute Gasteiger partial charge is 0.382 e. The molecule has 0 heterocycles. The summed E-state index contributed by atoms with van der Waals surface area (Å²) in [6.07, 6.45) is 0. The minimum atomic E-state index is -4.17. The zero-order valence-electron chi connectivity index (χ0n) is 10.1. The van der Waals surface area contributed by atoms with Crippen LogP contribution in [0, 0.1) is 10.1 Å². The van der Waals surface area contributed by atoms with Gasteiger partial charge in [0.05, 0.1) is 18.1 Å². The average Bonchev–Trinajstić information content (AvgIpc) is 2.34. The normalized spacial score (nSPS) is 11.6. The lowest BCUT2D eigenvalue weighted by molar-refractivity contribution is -0.384. The summed E-state index contributed by atoms with van der Waals surface area (Å²) < 4.78 is 28.4. The maximum absolute atomic E-state index is 11.9. The SMILES string of the molecule is COCCONS(=O)(=O)c1ccc(Cl)c([N+](=O)[O-])c1Cl. The number of ether oxygens (including phenoxy) is 1. The molecule has 0 aliphatic heterocycles. The van der Waals surface area contributed by atoms with Crippen LogP contribution in [-0.4, -0.2) is 33.7 Å². The Kier molecular flexibility index (Phi) is 6.11. The molecule has 0 aliphatic carbocycles. The zero-order chi connectivity index (χ0) is 15.3. The number of nitrogens with one attached hydrogen (secondary N) is 1. The third kappa shape index (κ3) is 4.01. The molecule has 20 heavy (non-hydrogen) atoms. The fraction of sp³-hybridized carbons (Fsp3) is 0.333. The second-order valence-electron chi connectivity index (χ2n) is 3.39. The van der Waals surface area contributed by atoms with Gasteiger partial charge in [-0.2, -0.15) is 0 Å². The fourth-order valence-corrected chi connectivity index (χ4v) is 2.91. The Morgan fingerprint density at radius 2 is 2.00 bits per heavy atom. The zero-order valence-corrected chi connectivity index (χ0v) is 12.5. The number of methoxy groups -OCH3 is 1. The predicted molar refractivity (Wildman–Crippen MR) is 71.3 cm³/mol.